The third kappa shape index (κ3) is 4.72. The van der Waals surface area contributed by atoms with E-state index >= 15 is 0 Å². The summed E-state index contributed by atoms with van der Waals surface area (Å²) in [6.07, 6.45) is 1.29. The summed E-state index contributed by atoms with van der Waals surface area (Å²) in [4.78, 5) is 30.9. The lowest BCUT2D eigenvalue weighted by atomic mass is 10.0. The Kier molecular flexibility index (Phi) is 6.40. The zero-order valence-corrected chi connectivity index (χ0v) is 19.5. The lowest BCUT2D eigenvalue weighted by Gasteiger charge is -2.17. The number of rotatable bonds is 7. The Bertz CT molecular complexity index is 1340. The average Bonchev–Trinajstić information content (AvgIpc) is 3.26. The molecule has 0 aliphatic heterocycles. The van der Waals surface area contributed by atoms with Gasteiger partial charge in [-0.1, -0.05) is 67.1 Å². The lowest BCUT2D eigenvalue weighted by molar-refractivity contribution is -0.122. The highest BCUT2D eigenvalue weighted by molar-refractivity contribution is 5.76. The van der Waals surface area contributed by atoms with Gasteiger partial charge in [-0.3, -0.25) is 9.59 Å². The number of nitrogens with zero attached hydrogens (tertiary/aromatic N) is 4. The number of carbonyl (C=O) groups excluding carboxylic acids is 1. The van der Waals surface area contributed by atoms with Crippen LogP contribution in [0.25, 0.3) is 17.2 Å². The number of hydrogen-bond donors (Lipinski definition) is 1. The smallest absolute Gasteiger partial charge is 0.279 e. The molecule has 0 bridgehead atoms. The first-order valence-electron chi connectivity index (χ1n) is 11.3. The van der Waals surface area contributed by atoms with Gasteiger partial charge in [0.1, 0.15) is 6.54 Å². The van der Waals surface area contributed by atoms with Crippen molar-refractivity contribution in [1.29, 1.82) is 0 Å². The maximum Gasteiger partial charge on any atom is 0.279 e. The van der Waals surface area contributed by atoms with Crippen LogP contribution in [-0.4, -0.2) is 31.1 Å². The molecule has 2 aromatic heterocycles. The van der Waals surface area contributed by atoms with Gasteiger partial charge < -0.3 is 9.88 Å². The molecule has 7 heteroatoms. The quantitative estimate of drug-likeness (QED) is 0.472. The molecular weight excluding hydrogens is 414 g/mol. The molecule has 7 nitrogen and oxygen atoms in total. The van der Waals surface area contributed by atoms with E-state index in [4.69, 9.17) is 0 Å². The number of carbonyl (C=O) groups is 1. The van der Waals surface area contributed by atoms with Gasteiger partial charge in [0.2, 0.25) is 11.7 Å². The number of nitrogens with one attached hydrogen (secondary N) is 1. The first kappa shape index (κ1) is 22.5. The van der Waals surface area contributed by atoms with Crippen LogP contribution in [0.5, 0.6) is 0 Å². The molecule has 0 radical (unpaired) electrons. The highest BCUT2D eigenvalue weighted by atomic mass is 16.2. The van der Waals surface area contributed by atoms with Crippen LogP contribution in [0.3, 0.4) is 0 Å². The summed E-state index contributed by atoms with van der Waals surface area (Å²) in [5.74, 6) is 0.701. The van der Waals surface area contributed by atoms with E-state index in [9.17, 15) is 9.59 Å². The Hall–Kier alpha value is -3.74. The van der Waals surface area contributed by atoms with E-state index < -0.39 is 0 Å². The van der Waals surface area contributed by atoms with E-state index in [2.05, 4.69) is 15.4 Å². The lowest BCUT2D eigenvalue weighted by Crippen LogP contribution is -2.36. The minimum absolute atomic E-state index is 0.0633. The van der Waals surface area contributed by atoms with E-state index in [0.717, 1.165) is 28.8 Å². The van der Waals surface area contributed by atoms with E-state index in [1.54, 1.807) is 4.57 Å². The Morgan fingerprint density at radius 3 is 2.42 bits per heavy atom. The van der Waals surface area contributed by atoms with Gasteiger partial charge in [-0.15, -0.1) is 5.10 Å². The topological polar surface area (TPSA) is 81.3 Å². The summed E-state index contributed by atoms with van der Waals surface area (Å²) >= 11 is 0. The molecule has 1 amide bonds. The molecule has 2 heterocycles. The van der Waals surface area contributed by atoms with Crippen LogP contribution in [0.15, 0.2) is 59.4 Å². The second-order valence-electron chi connectivity index (χ2n) is 8.51. The summed E-state index contributed by atoms with van der Waals surface area (Å²) in [6.45, 7) is 7.95. The van der Waals surface area contributed by atoms with Crippen LogP contribution < -0.4 is 10.9 Å². The molecule has 1 atom stereocenters. The largest absolute Gasteiger partial charge is 0.352 e. The highest BCUT2D eigenvalue weighted by Gasteiger charge is 2.20. The van der Waals surface area contributed by atoms with Crippen LogP contribution >= 0.6 is 0 Å². The number of fused-ring (bicyclic) bond motifs is 1. The second kappa shape index (κ2) is 9.40. The average molecular weight is 444 g/mol. The van der Waals surface area contributed by atoms with E-state index in [1.807, 2.05) is 82.3 Å². The SMILES string of the molecule is CC[C@H](C)NC(=O)Cn1c(C)c(Cc2ccccc2)c(=O)n2nc(-c3ccc(C)cc3)nc12. The van der Waals surface area contributed by atoms with Crippen molar-refractivity contribution in [3.8, 4) is 11.4 Å². The number of hydrogen-bond acceptors (Lipinski definition) is 4. The van der Waals surface area contributed by atoms with Crippen molar-refractivity contribution in [2.24, 2.45) is 0 Å². The standard InChI is InChI=1S/C26H29N5O2/c1-5-18(3)27-23(32)16-30-19(4)22(15-20-9-7-6-8-10-20)25(33)31-26(30)28-24(29-31)21-13-11-17(2)12-14-21/h6-14,18H,5,15-16H2,1-4H3,(H,27,32)/t18-/m0/s1. The van der Waals surface area contributed by atoms with Crippen LogP contribution in [0.4, 0.5) is 0 Å². The minimum atomic E-state index is -0.212. The monoisotopic (exact) mass is 443 g/mol. The maximum atomic E-state index is 13.5. The van der Waals surface area contributed by atoms with Crippen molar-refractivity contribution in [3.05, 3.63) is 87.3 Å². The molecule has 0 saturated heterocycles. The molecule has 0 unspecified atom stereocenters. The fourth-order valence-electron chi connectivity index (χ4n) is 3.79. The molecule has 170 valence electrons. The second-order valence-corrected chi connectivity index (χ2v) is 8.51. The number of aryl methyl sites for hydroxylation is 1. The first-order valence-corrected chi connectivity index (χ1v) is 11.3. The molecule has 0 fully saturated rings. The van der Waals surface area contributed by atoms with Crippen LogP contribution in [-0.2, 0) is 17.8 Å². The first-order chi connectivity index (χ1) is 15.9. The van der Waals surface area contributed by atoms with Gasteiger partial charge in [-0.05, 0) is 32.8 Å². The van der Waals surface area contributed by atoms with Crippen LogP contribution in [0.2, 0.25) is 0 Å². The molecule has 1 N–H and O–H groups in total. The summed E-state index contributed by atoms with van der Waals surface area (Å²) in [7, 11) is 0. The van der Waals surface area contributed by atoms with Gasteiger partial charge >= 0.3 is 0 Å². The zero-order valence-electron chi connectivity index (χ0n) is 19.5. The molecular formula is C26H29N5O2. The third-order valence-electron chi connectivity index (χ3n) is 5.98. The molecule has 0 saturated carbocycles. The third-order valence-corrected chi connectivity index (χ3v) is 5.98. The van der Waals surface area contributed by atoms with Gasteiger partial charge in [-0.25, -0.2) is 0 Å². The fraction of sp³-hybridized carbons (Fsp3) is 0.308. The summed E-state index contributed by atoms with van der Waals surface area (Å²) in [5, 5.41) is 7.54. The van der Waals surface area contributed by atoms with Gasteiger partial charge in [0.05, 0.1) is 0 Å². The highest BCUT2D eigenvalue weighted by Crippen LogP contribution is 2.19. The molecule has 33 heavy (non-hydrogen) atoms. The van der Waals surface area contributed by atoms with Gasteiger partial charge in [0.25, 0.3) is 5.56 Å². The molecule has 0 spiro atoms. The molecule has 0 aliphatic carbocycles. The molecule has 2 aromatic carbocycles. The van der Waals surface area contributed by atoms with E-state index in [1.165, 1.54) is 4.52 Å². The predicted octanol–water partition coefficient (Wildman–Crippen LogP) is 3.68. The number of benzene rings is 2. The van der Waals surface area contributed by atoms with Crippen molar-refractivity contribution in [1.82, 2.24) is 24.5 Å². The number of aromatic nitrogens is 4. The van der Waals surface area contributed by atoms with Crippen molar-refractivity contribution in [3.63, 3.8) is 0 Å². The molecule has 0 aliphatic rings. The summed E-state index contributed by atoms with van der Waals surface area (Å²) < 4.78 is 3.12. The van der Waals surface area contributed by atoms with Crippen molar-refractivity contribution in [2.75, 3.05) is 0 Å². The van der Waals surface area contributed by atoms with Gasteiger partial charge in [0.15, 0.2) is 5.82 Å². The zero-order chi connectivity index (χ0) is 23.5. The van der Waals surface area contributed by atoms with E-state index in [0.29, 0.717) is 23.6 Å². The number of amides is 1. The van der Waals surface area contributed by atoms with Crippen molar-refractivity contribution < 1.29 is 4.79 Å². The van der Waals surface area contributed by atoms with E-state index in [-0.39, 0.29) is 24.1 Å². The summed E-state index contributed by atoms with van der Waals surface area (Å²) in [6, 6.07) is 17.7. The Morgan fingerprint density at radius 1 is 1.06 bits per heavy atom. The Morgan fingerprint density at radius 2 is 1.76 bits per heavy atom. The summed E-state index contributed by atoms with van der Waals surface area (Å²) in [5.41, 5.74) is 4.08. The fourth-order valence-corrected chi connectivity index (χ4v) is 3.79. The van der Waals surface area contributed by atoms with Gasteiger partial charge in [0, 0.05) is 29.3 Å². The Labute approximate surface area is 193 Å². The molecule has 4 rings (SSSR count). The predicted molar refractivity (Wildman–Crippen MR) is 129 cm³/mol. The van der Waals surface area contributed by atoms with Crippen LogP contribution in [0, 0.1) is 13.8 Å². The van der Waals surface area contributed by atoms with Gasteiger partial charge in [-0.2, -0.15) is 9.50 Å². The van der Waals surface area contributed by atoms with Crippen LogP contribution in [0.1, 0.15) is 42.7 Å². The Balaban J connectivity index is 1.86. The maximum absolute atomic E-state index is 13.5. The molecule has 4 aromatic rings. The van der Waals surface area contributed by atoms with Crippen molar-refractivity contribution >= 4 is 11.7 Å². The van der Waals surface area contributed by atoms with Crippen molar-refractivity contribution in [2.45, 2.75) is 53.1 Å². The minimum Gasteiger partial charge on any atom is -0.352 e. The normalized spacial score (nSPS) is 12.1.